The predicted octanol–water partition coefficient (Wildman–Crippen LogP) is 2.28. The number of amides is 1. The topological polar surface area (TPSA) is 58.6 Å². The molecule has 0 bridgehead atoms. The molecule has 1 amide bonds. The molecule has 1 rings (SSSR count). The Balaban J connectivity index is 2.83. The molecule has 0 aliphatic carbocycles. The van der Waals surface area contributed by atoms with Crippen LogP contribution in [-0.2, 0) is 10.5 Å². The molecule has 0 aliphatic rings. The van der Waals surface area contributed by atoms with Crippen LogP contribution < -0.4 is 10.1 Å². The highest BCUT2D eigenvalue weighted by atomic mass is 19.4. The largest absolute Gasteiger partial charge is 0.573 e. The number of aliphatic hydroxyl groups is 1. The maximum atomic E-state index is 12.0. The third-order valence-corrected chi connectivity index (χ3v) is 2.35. The number of ether oxygens (including phenoxy) is 1. The van der Waals surface area contributed by atoms with Gasteiger partial charge in [-0.25, -0.2) is 0 Å². The highest BCUT2D eigenvalue weighted by molar-refractivity contribution is 5.76. The van der Waals surface area contributed by atoms with Crippen LogP contribution in [0.2, 0.25) is 0 Å². The van der Waals surface area contributed by atoms with Gasteiger partial charge in [-0.3, -0.25) is 4.79 Å². The number of alkyl halides is 3. The number of carbonyl (C=O) groups is 1. The van der Waals surface area contributed by atoms with E-state index in [9.17, 15) is 23.1 Å². The molecule has 1 atom stereocenters. The van der Waals surface area contributed by atoms with Gasteiger partial charge in [-0.05, 0) is 19.1 Å². The molecule has 19 heavy (non-hydrogen) atoms. The van der Waals surface area contributed by atoms with Gasteiger partial charge in [-0.2, -0.15) is 0 Å². The van der Waals surface area contributed by atoms with Crippen molar-refractivity contribution in [1.82, 2.24) is 5.32 Å². The van der Waals surface area contributed by atoms with Gasteiger partial charge in [-0.15, -0.1) is 13.2 Å². The first-order chi connectivity index (χ1) is 8.64. The number of hydrogen-bond acceptors (Lipinski definition) is 3. The fraction of sp³-hybridized carbons (Fsp3) is 0.417. The maximum absolute atomic E-state index is 12.0. The van der Waals surface area contributed by atoms with E-state index < -0.39 is 17.8 Å². The lowest BCUT2D eigenvalue weighted by atomic mass is 10.0. The van der Waals surface area contributed by atoms with Crippen molar-refractivity contribution in [2.45, 2.75) is 32.4 Å². The molecular weight excluding hydrogens is 263 g/mol. The fourth-order valence-electron chi connectivity index (χ4n) is 1.41. The Labute approximate surface area is 108 Å². The molecule has 0 heterocycles. The van der Waals surface area contributed by atoms with E-state index in [1.807, 2.05) is 0 Å². The predicted molar refractivity (Wildman–Crippen MR) is 61.1 cm³/mol. The second-order valence-electron chi connectivity index (χ2n) is 4.05. The van der Waals surface area contributed by atoms with E-state index >= 15 is 0 Å². The summed E-state index contributed by atoms with van der Waals surface area (Å²) in [6, 6.07) is 4.62. The molecule has 1 unspecified atom stereocenters. The van der Waals surface area contributed by atoms with Crippen LogP contribution in [0, 0.1) is 0 Å². The van der Waals surface area contributed by atoms with E-state index in [2.05, 4.69) is 10.1 Å². The first kappa shape index (κ1) is 15.3. The first-order valence-corrected chi connectivity index (χ1v) is 5.53. The number of halogens is 3. The number of carbonyl (C=O) groups excluding carboxylic acids is 1. The van der Waals surface area contributed by atoms with Gasteiger partial charge in [0, 0.05) is 12.0 Å². The van der Waals surface area contributed by atoms with Crippen molar-refractivity contribution in [2.75, 3.05) is 0 Å². The zero-order chi connectivity index (χ0) is 14.7. The molecule has 106 valence electrons. The molecule has 0 spiro atoms. The van der Waals surface area contributed by atoms with E-state index in [1.54, 1.807) is 6.92 Å². The Kier molecular flexibility index (Phi) is 4.41. The highest BCUT2D eigenvalue weighted by Gasteiger charge is 2.31. The smallest absolute Gasteiger partial charge is 0.406 e. The Morgan fingerprint density at radius 3 is 2.26 bits per heavy atom. The molecule has 4 nitrogen and oxygen atoms in total. The van der Waals surface area contributed by atoms with Crippen LogP contribution in [0.3, 0.4) is 0 Å². The van der Waals surface area contributed by atoms with Gasteiger partial charge < -0.3 is 15.2 Å². The SMILES string of the molecule is CCC(=O)NC(C)(O)c1ccc(OC(F)(F)F)cc1. The summed E-state index contributed by atoms with van der Waals surface area (Å²) in [7, 11) is 0. The molecular formula is C12H14F3NO3. The van der Waals surface area contributed by atoms with E-state index in [0.717, 1.165) is 12.1 Å². The molecule has 0 fully saturated rings. The van der Waals surface area contributed by atoms with Crippen LogP contribution in [0.5, 0.6) is 5.75 Å². The molecule has 2 N–H and O–H groups in total. The average Bonchev–Trinajstić information content (AvgIpc) is 2.26. The minimum absolute atomic E-state index is 0.186. The minimum Gasteiger partial charge on any atom is -0.406 e. The van der Waals surface area contributed by atoms with Crippen molar-refractivity contribution in [2.24, 2.45) is 0 Å². The highest BCUT2D eigenvalue weighted by Crippen LogP contribution is 2.25. The van der Waals surface area contributed by atoms with Crippen LogP contribution in [0.15, 0.2) is 24.3 Å². The summed E-state index contributed by atoms with van der Waals surface area (Å²) in [5.41, 5.74) is -1.40. The van der Waals surface area contributed by atoms with Crippen molar-refractivity contribution >= 4 is 5.91 Å². The van der Waals surface area contributed by atoms with E-state index in [1.165, 1.54) is 19.1 Å². The van der Waals surface area contributed by atoms with E-state index in [-0.39, 0.29) is 17.9 Å². The monoisotopic (exact) mass is 277 g/mol. The van der Waals surface area contributed by atoms with Crippen molar-refractivity contribution in [1.29, 1.82) is 0 Å². The van der Waals surface area contributed by atoms with Crippen LogP contribution in [0.25, 0.3) is 0 Å². The van der Waals surface area contributed by atoms with Gasteiger partial charge in [0.05, 0.1) is 0 Å². The number of nitrogens with one attached hydrogen (secondary N) is 1. The van der Waals surface area contributed by atoms with Gasteiger partial charge in [0.25, 0.3) is 0 Å². The minimum atomic E-state index is -4.76. The zero-order valence-corrected chi connectivity index (χ0v) is 10.4. The van der Waals surface area contributed by atoms with Gasteiger partial charge in [0.15, 0.2) is 5.72 Å². The third kappa shape index (κ3) is 4.78. The molecule has 7 heteroatoms. The lowest BCUT2D eigenvalue weighted by Gasteiger charge is -2.25. The molecule has 0 aromatic heterocycles. The second kappa shape index (κ2) is 5.48. The molecule has 0 radical (unpaired) electrons. The quantitative estimate of drug-likeness (QED) is 0.830. The summed E-state index contributed by atoms with van der Waals surface area (Å²) in [6.07, 6.45) is -4.58. The molecule has 1 aromatic rings. The van der Waals surface area contributed by atoms with Crippen molar-refractivity contribution in [3.63, 3.8) is 0 Å². The van der Waals surface area contributed by atoms with E-state index in [4.69, 9.17) is 0 Å². The average molecular weight is 277 g/mol. The summed E-state index contributed by atoms with van der Waals surface area (Å²) in [5.74, 6) is -0.769. The van der Waals surface area contributed by atoms with E-state index in [0.29, 0.717) is 0 Å². The summed E-state index contributed by atoms with van der Waals surface area (Å²) in [6.45, 7) is 2.95. The van der Waals surface area contributed by atoms with Crippen molar-refractivity contribution in [3.05, 3.63) is 29.8 Å². The summed E-state index contributed by atoms with van der Waals surface area (Å²) >= 11 is 0. The van der Waals surface area contributed by atoms with Gasteiger partial charge in [0.2, 0.25) is 5.91 Å². The molecule has 0 saturated heterocycles. The maximum Gasteiger partial charge on any atom is 0.573 e. The van der Waals surface area contributed by atoms with Gasteiger partial charge in [-0.1, -0.05) is 19.1 Å². The Morgan fingerprint density at radius 1 is 1.32 bits per heavy atom. The summed E-state index contributed by atoms with van der Waals surface area (Å²) in [5, 5.41) is 12.4. The van der Waals surface area contributed by atoms with Crippen LogP contribution in [0.1, 0.15) is 25.8 Å². The zero-order valence-electron chi connectivity index (χ0n) is 10.4. The molecule has 1 aromatic carbocycles. The van der Waals surface area contributed by atoms with Crippen molar-refractivity contribution < 1.29 is 27.8 Å². The van der Waals surface area contributed by atoms with Crippen LogP contribution in [0.4, 0.5) is 13.2 Å². The van der Waals surface area contributed by atoms with Gasteiger partial charge in [0.1, 0.15) is 5.75 Å². The fourth-order valence-corrected chi connectivity index (χ4v) is 1.41. The number of benzene rings is 1. The first-order valence-electron chi connectivity index (χ1n) is 5.53. The van der Waals surface area contributed by atoms with Gasteiger partial charge >= 0.3 is 6.36 Å². The third-order valence-electron chi connectivity index (χ3n) is 2.35. The number of rotatable bonds is 4. The molecule has 0 saturated carbocycles. The lowest BCUT2D eigenvalue weighted by Crippen LogP contribution is -2.43. The normalized spacial score (nSPS) is 14.6. The second-order valence-corrected chi connectivity index (χ2v) is 4.05. The molecule has 0 aliphatic heterocycles. The Hall–Kier alpha value is -1.76. The van der Waals surface area contributed by atoms with Crippen LogP contribution in [-0.4, -0.2) is 17.4 Å². The Bertz CT molecular complexity index is 441. The van der Waals surface area contributed by atoms with Crippen LogP contribution >= 0.6 is 0 Å². The lowest BCUT2D eigenvalue weighted by molar-refractivity contribution is -0.274. The van der Waals surface area contributed by atoms with Crippen molar-refractivity contribution in [3.8, 4) is 5.75 Å². The summed E-state index contributed by atoms with van der Waals surface area (Å²) in [4.78, 5) is 11.2. The summed E-state index contributed by atoms with van der Waals surface area (Å²) < 4.78 is 39.6. The number of hydrogen-bond donors (Lipinski definition) is 2. The standard InChI is InChI=1S/C12H14F3NO3/c1-3-10(17)16-11(2,18)8-4-6-9(7-5-8)19-12(13,14)15/h4-7,18H,3H2,1-2H3,(H,16,17). The Morgan fingerprint density at radius 2 is 1.84 bits per heavy atom.